The molecular formula is C11H13NO4. The van der Waals surface area contributed by atoms with E-state index >= 15 is 0 Å². The number of para-hydroxylation sites is 1. The largest absolute Gasteiger partial charge is 0.343 e. The van der Waals surface area contributed by atoms with Crippen molar-refractivity contribution in [3.8, 4) is 0 Å². The first-order chi connectivity index (χ1) is 7.69. The average Bonchev–Trinajstić information content (AvgIpc) is 2.78. The molecule has 0 unspecified atom stereocenters. The van der Waals surface area contributed by atoms with Crippen LogP contribution in [0.15, 0.2) is 24.3 Å². The zero-order valence-electron chi connectivity index (χ0n) is 9.01. The molecular weight excluding hydrogens is 210 g/mol. The van der Waals surface area contributed by atoms with E-state index in [1.807, 2.05) is 6.92 Å². The van der Waals surface area contributed by atoms with Crippen LogP contribution in [0.2, 0.25) is 0 Å². The van der Waals surface area contributed by atoms with Crippen LogP contribution < -0.4 is 0 Å². The highest BCUT2D eigenvalue weighted by Gasteiger charge is 2.41. The Kier molecular flexibility index (Phi) is 2.89. The molecule has 0 atom stereocenters. The number of nitro groups is 1. The van der Waals surface area contributed by atoms with Gasteiger partial charge >= 0.3 is 0 Å². The zero-order valence-corrected chi connectivity index (χ0v) is 9.01. The maximum atomic E-state index is 10.9. The summed E-state index contributed by atoms with van der Waals surface area (Å²) in [7, 11) is 0. The number of benzene rings is 1. The van der Waals surface area contributed by atoms with Crippen LogP contribution >= 0.6 is 0 Å². The van der Waals surface area contributed by atoms with Crippen molar-refractivity contribution in [2.75, 3.05) is 13.2 Å². The molecule has 5 nitrogen and oxygen atoms in total. The van der Waals surface area contributed by atoms with Crippen LogP contribution in [-0.4, -0.2) is 18.1 Å². The van der Waals surface area contributed by atoms with Crippen molar-refractivity contribution in [3.63, 3.8) is 0 Å². The van der Waals surface area contributed by atoms with Gasteiger partial charge in [-0.2, -0.15) is 0 Å². The van der Waals surface area contributed by atoms with Gasteiger partial charge in [0.25, 0.3) is 5.69 Å². The monoisotopic (exact) mass is 223 g/mol. The van der Waals surface area contributed by atoms with E-state index in [2.05, 4.69) is 0 Å². The fraction of sp³-hybridized carbons (Fsp3) is 0.455. The average molecular weight is 223 g/mol. The molecule has 1 heterocycles. The SMILES string of the molecule is CCC1(c2ccccc2[N+](=O)[O-])OCCO1. The summed E-state index contributed by atoms with van der Waals surface area (Å²) in [6.45, 7) is 2.84. The van der Waals surface area contributed by atoms with E-state index in [4.69, 9.17) is 9.47 Å². The third-order valence-corrected chi connectivity index (χ3v) is 2.73. The Morgan fingerprint density at radius 3 is 2.56 bits per heavy atom. The lowest BCUT2D eigenvalue weighted by atomic mass is 10.0. The molecule has 1 aliphatic heterocycles. The van der Waals surface area contributed by atoms with Gasteiger partial charge in [-0.3, -0.25) is 10.1 Å². The molecule has 2 rings (SSSR count). The van der Waals surface area contributed by atoms with Gasteiger partial charge in [-0.15, -0.1) is 0 Å². The lowest BCUT2D eigenvalue weighted by Gasteiger charge is -2.25. The highest BCUT2D eigenvalue weighted by Crippen LogP contribution is 2.39. The summed E-state index contributed by atoms with van der Waals surface area (Å²) in [5.41, 5.74) is 0.547. The molecule has 16 heavy (non-hydrogen) atoms. The molecule has 0 amide bonds. The Bertz CT molecular complexity index is 399. The Balaban J connectivity index is 2.49. The number of hydrogen-bond donors (Lipinski definition) is 0. The van der Waals surface area contributed by atoms with Crippen LogP contribution in [0.3, 0.4) is 0 Å². The molecule has 0 N–H and O–H groups in total. The van der Waals surface area contributed by atoms with Crippen molar-refractivity contribution in [2.24, 2.45) is 0 Å². The van der Waals surface area contributed by atoms with Crippen LogP contribution in [0.5, 0.6) is 0 Å². The second-order valence-corrected chi connectivity index (χ2v) is 3.58. The predicted molar refractivity (Wildman–Crippen MR) is 57.0 cm³/mol. The van der Waals surface area contributed by atoms with Gasteiger partial charge in [-0.1, -0.05) is 19.1 Å². The molecule has 5 heteroatoms. The van der Waals surface area contributed by atoms with E-state index in [0.717, 1.165) is 0 Å². The topological polar surface area (TPSA) is 61.6 Å². The van der Waals surface area contributed by atoms with E-state index in [-0.39, 0.29) is 5.69 Å². The van der Waals surface area contributed by atoms with Gasteiger partial charge in [0.15, 0.2) is 0 Å². The van der Waals surface area contributed by atoms with Crippen molar-refractivity contribution < 1.29 is 14.4 Å². The normalized spacial score (nSPS) is 18.6. The molecule has 1 saturated heterocycles. The quantitative estimate of drug-likeness (QED) is 0.582. The molecule has 0 aliphatic carbocycles. The number of rotatable bonds is 3. The van der Waals surface area contributed by atoms with Crippen LogP contribution in [0, 0.1) is 10.1 Å². The van der Waals surface area contributed by atoms with Gasteiger partial charge in [0.2, 0.25) is 5.79 Å². The molecule has 0 aromatic heterocycles. The first-order valence-electron chi connectivity index (χ1n) is 5.21. The van der Waals surface area contributed by atoms with Crippen LogP contribution in [0.1, 0.15) is 18.9 Å². The first kappa shape index (κ1) is 11.0. The Morgan fingerprint density at radius 2 is 2.00 bits per heavy atom. The van der Waals surface area contributed by atoms with Gasteiger partial charge < -0.3 is 9.47 Å². The van der Waals surface area contributed by atoms with Crippen LogP contribution in [-0.2, 0) is 15.3 Å². The van der Waals surface area contributed by atoms with E-state index in [9.17, 15) is 10.1 Å². The minimum atomic E-state index is -0.941. The second-order valence-electron chi connectivity index (χ2n) is 3.58. The number of nitrogens with zero attached hydrogens (tertiary/aromatic N) is 1. The highest BCUT2D eigenvalue weighted by atomic mass is 16.7. The van der Waals surface area contributed by atoms with Crippen molar-refractivity contribution in [1.29, 1.82) is 0 Å². The summed E-state index contributed by atoms with van der Waals surface area (Å²) < 4.78 is 11.1. The predicted octanol–water partition coefficient (Wildman–Crippen LogP) is 2.20. The van der Waals surface area contributed by atoms with E-state index < -0.39 is 10.7 Å². The minimum absolute atomic E-state index is 0.0475. The summed E-state index contributed by atoms with van der Waals surface area (Å²) in [5, 5.41) is 10.9. The summed E-state index contributed by atoms with van der Waals surface area (Å²) in [4.78, 5) is 10.5. The highest BCUT2D eigenvalue weighted by molar-refractivity contribution is 5.43. The van der Waals surface area contributed by atoms with E-state index in [1.165, 1.54) is 6.07 Å². The molecule has 0 bridgehead atoms. The van der Waals surface area contributed by atoms with Crippen LogP contribution in [0.4, 0.5) is 5.69 Å². The molecule has 0 radical (unpaired) electrons. The summed E-state index contributed by atoms with van der Waals surface area (Å²) in [6.07, 6.45) is 0.553. The van der Waals surface area contributed by atoms with E-state index in [0.29, 0.717) is 25.2 Å². The van der Waals surface area contributed by atoms with Crippen molar-refractivity contribution in [2.45, 2.75) is 19.1 Å². The fourth-order valence-electron chi connectivity index (χ4n) is 1.96. The van der Waals surface area contributed by atoms with Crippen molar-refractivity contribution in [3.05, 3.63) is 39.9 Å². The Labute approximate surface area is 93.1 Å². The molecule has 0 saturated carbocycles. The van der Waals surface area contributed by atoms with E-state index in [1.54, 1.807) is 18.2 Å². The van der Waals surface area contributed by atoms with Crippen molar-refractivity contribution >= 4 is 5.69 Å². The molecule has 1 aromatic carbocycles. The van der Waals surface area contributed by atoms with Crippen LogP contribution in [0.25, 0.3) is 0 Å². The van der Waals surface area contributed by atoms with Gasteiger partial charge in [-0.25, -0.2) is 0 Å². The lowest BCUT2D eigenvalue weighted by molar-refractivity contribution is -0.388. The Hall–Kier alpha value is -1.46. The molecule has 1 aliphatic rings. The smallest absolute Gasteiger partial charge is 0.278 e. The maximum Gasteiger partial charge on any atom is 0.278 e. The summed E-state index contributed by atoms with van der Waals surface area (Å²) in [6, 6.07) is 6.55. The molecule has 0 spiro atoms. The Morgan fingerprint density at radius 1 is 1.38 bits per heavy atom. The molecule has 86 valence electrons. The number of nitro benzene ring substituents is 1. The van der Waals surface area contributed by atoms with Gasteiger partial charge in [0.1, 0.15) is 0 Å². The van der Waals surface area contributed by atoms with Gasteiger partial charge in [0, 0.05) is 12.5 Å². The standard InChI is InChI=1S/C11H13NO4/c1-2-11(15-7-8-16-11)9-5-3-4-6-10(9)12(13)14/h3-6H,2,7-8H2,1H3. The number of ether oxygens (including phenoxy) is 2. The van der Waals surface area contributed by atoms with Gasteiger partial charge in [0.05, 0.1) is 23.7 Å². The van der Waals surface area contributed by atoms with Crippen molar-refractivity contribution in [1.82, 2.24) is 0 Å². The summed E-state index contributed by atoms with van der Waals surface area (Å²) in [5.74, 6) is -0.941. The fourth-order valence-corrected chi connectivity index (χ4v) is 1.96. The summed E-state index contributed by atoms with van der Waals surface area (Å²) >= 11 is 0. The molecule has 1 aromatic rings. The first-order valence-corrected chi connectivity index (χ1v) is 5.21. The minimum Gasteiger partial charge on any atom is -0.343 e. The zero-order chi connectivity index (χ0) is 11.6. The third kappa shape index (κ3) is 1.68. The number of hydrogen-bond acceptors (Lipinski definition) is 4. The van der Waals surface area contributed by atoms with Gasteiger partial charge in [-0.05, 0) is 6.07 Å². The second kappa shape index (κ2) is 4.19. The maximum absolute atomic E-state index is 10.9. The molecule has 1 fully saturated rings. The lowest BCUT2D eigenvalue weighted by Crippen LogP contribution is -2.27. The third-order valence-electron chi connectivity index (χ3n) is 2.73.